The van der Waals surface area contributed by atoms with Crippen LogP contribution in [0.25, 0.3) is 0 Å². The maximum Gasteiger partial charge on any atom is 0.240 e. The summed E-state index contributed by atoms with van der Waals surface area (Å²) in [5, 5.41) is 2.77. The van der Waals surface area contributed by atoms with E-state index in [4.69, 9.17) is 5.73 Å². The maximum atomic E-state index is 11.9. The van der Waals surface area contributed by atoms with Crippen molar-refractivity contribution in [1.82, 2.24) is 10.2 Å². The Morgan fingerprint density at radius 1 is 1.22 bits per heavy atom. The van der Waals surface area contributed by atoms with Crippen LogP contribution in [0.15, 0.2) is 0 Å². The van der Waals surface area contributed by atoms with Gasteiger partial charge in [-0.3, -0.25) is 9.59 Å². The number of nitrogens with one attached hydrogen (secondary N) is 1. The number of amides is 2. The summed E-state index contributed by atoms with van der Waals surface area (Å²) in [7, 11) is 3.41. The van der Waals surface area contributed by atoms with Gasteiger partial charge < -0.3 is 16.0 Å². The molecule has 1 aliphatic rings. The Labute approximate surface area is 115 Å². The summed E-state index contributed by atoms with van der Waals surface area (Å²) in [6, 6.07) is 0. The molecule has 1 aliphatic carbocycles. The van der Waals surface area contributed by atoms with Crippen LogP contribution >= 0.6 is 12.4 Å². The number of carbonyl (C=O) groups excluding carboxylic acids is 2. The molecule has 0 heterocycles. The summed E-state index contributed by atoms with van der Waals surface area (Å²) in [4.78, 5) is 24.8. The van der Waals surface area contributed by atoms with Crippen molar-refractivity contribution < 1.29 is 9.59 Å². The second-order valence-electron chi connectivity index (χ2n) is 5.01. The molecule has 0 aromatic rings. The Bertz CT molecular complexity index is 289. The Morgan fingerprint density at radius 3 is 2.28 bits per heavy atom. The molecular formula is C12H24ClN3O2. The van der Waals surface area contributed by atoms with E-state index >= 15 is 0 Å². The molecule has 0 aliphatic heterocycles. The van der Waals surface area contributed by atoms with Crippen LogP contribution in [0.5, 0.6) is 0 Å². The number of carbonyl (C=O) groups is 2. The number of nitrogens with two attached hydrogens (primary N) is 1. The summed E-state index contributed by atoms with van der Waals surface area (Å²) >= 11 is 0. The number of nitrogens with zero attached hydrogens (tertiary/aromatic N) is 1. The maximum absolute atomic E-state index is 11.9. The van der Waals surface area contributed by atoms with E-state index in [-0.39, 0.29) is 24.2 Å². The van der Waals surface area contributed by atoms with Crippen molar-refractivity contribution in [2.24, 2.45) is 5.73 Å². The van der Waals surface area contributed by atoms with Crippen molar-refractivity contribution in [3.8, 4) is 0 Å². The molecule has 3 N–H and O–H groups in total. The first-order valence-corrected chi connectivity index (χ1v) is 6.23. The quantitative estimate of drug-likeness (QED) is 0.793. The zero-order chi connectivity index (χ0) is 12.9. The topological polar surface area (TPSA) is 75.4 Å². The Balaban J connectivity index is 0.00000289. The van der Waals surface area contributed by atoms with Crippen molar-refractivity contribution >= 4 is 24.2 Å². The summed E-state index contributed by atoms with van der Waals surface area (Å²) in [5.41, 5.74) is 5.36. The third-order valence-electron chi connectivity index (χ3n) is 3.32. The lowest BCUT2D eigenvalue weighted by atomic mass is 9.82. The van der Waals surface area contributed by atoms with E-state index in [9.17, 15) is 9.59 Å². The first-order chi connectivity index (χ1) is 7.96. The number of hydrogen-bond acceptors (Lipinski definition) is 3. The van der Waals surface area contributed by atoms with Crippen molar-refractivity contribution in [1.29, 1.82) is 0 Å². The lowest BCUT2D eigenvalue weighted by molar-refractivity contribution is -0.129. The van der Waals surface area contributed by atoms with Gasteiger partial charge in [0, 0.05) is 27.1 Å². The van der Waals surface area contributed by atoms with E-state index in [0.29, 0.717) is 13.0 Å². The number of halogens is 1. The van der Waals surface area contributed by atoms with E-state index in [1.807, 2.05) is 0 Å². The summed E-state index contributed by atoms with van der Waals surface area (Å²) in [5.74, 6) is -0.0937. The Morgan fingerprint density at radius 2 is 1.78 bits per heavy atom. The molecule has 0 saturated heterocycles. The number of rotatable bonds is 4. The van der Waals surface area contributed by atoms with Gasteiger partial charge in [-0.2, -0.15) is 0 Å². The van der Waals surface area contributed by atoms with Gasteiger partial charge in [-0.1, -0.05) is 19.3 Å². The highest BCUT2D eigenvalue weighted by Gasteiger charge is 2.34. The van der Waals surface area contributed by atoms with E-state index in [1.165, 1.54) is 4.90 Å². The Kier molecular flexibility index (Phi) is 7.25. The van der Waals surface area contributed by atoms with Gasteiger partial charge in [-0.05, 0) is 12.8 Å². The molecule has 0 aromatic heterocycles. The van der Waals surface area contributed by atoms with E-state index < -0.39 is 5.54 Å². The molecular weight excluding hydrogens is 254 g/mol. The minimum Gasteiger partial charge on any atom is -0.354 e. The summed E-state index contributed by atoms with van der Waals surface area (Å²) in [6.45, 7) is 0.370. The van der Waals surface area contributed by atoms with Gasteiger partial charge in [0.25, 0.3) is 0 Å². The molecule has 0 radical (unpaired) electrons. The van der Waals surface area contributed by atoms with E-state index in [0.717, 1.165) is 32.1 Å². The second-order valence-corrected chi connectivity index (χ2v) is 5.01. The van der Waals surface area contributed by atoms with Crippen molar-refractivity contribution in [2.75, 3.05) is 20.6 Å². The zero-order valence-electron chi connectivity index (χ0n) is 11.2. The molecule has 1 saturated carbocycles. The zero-order valence-corrected chi connectivity index (χ0v) is 12.0. The average molecular weight is 278 g/mol. The first kappa shape index (κ1) is 17.2. The van der Waals surface area contributed by atoms with Crippen LogP contribution in [0, 0.1) is 0 Å². The molecule has 0 unspecified atom stereocenters. The number of hydrogen-bond donors (Lipinski definition) is 2. The summed E-state index contributed by atoms with van der Waals surface area (Å²) in [6.07, 6.45) is 5.02. The van der Waals surface area contributed by atoms with Gasteiger partial charge in [0.2, 0.25) is 11.8 Å². The molecule has 106 valence electrons. The van der Waals surface area contributed by atoms with Crippen LogP contribution in [0.2, 0.25) is 0 Å². The largest absolute Gasteiger partial charge is 0.354 e. The monoisotopic (exact) mass is 277 g/mol. The predicted octanol–water partition coefficient (Wildman–Crippen LogP) is 0.664. The van der Waals surface area contributed by atoms with Gasteiger partial charge in [-0.15, -0.1) is 12.4 Å². The molecule has 0 spiro atoms. The first-order valence-electron chi connectivity index (χ1n) is 6.23. The molecule has 1 fully saturated rings. The van der Waals surface area contributed by atoms with Gasteiger partial charge in [0.05, 0.1) is 5.54 Å². The van der Waals surface area contributed by atoms with Crippen LogP contribution in [0.4, 0.5) is 0 Å². The van der Waals surface area contributed by atoms with Crippen molar-refractivity contribution in [2.45, 2.75) is 44.1 Å². The minimum atomic E-state index is -0.709. The fourth-order valence-electron chi connectivity index (χ4n) is 2.09. The minimum absolute atomic E-state index is 0. The predicted molar refractivity (Wildman–Crippen MR) is 73.6 cm³/mol. The average Bonchev–Trinajstić information content (AvgIpc) is 2.29. The fourth-order valence-corrected chi connectivity index (χ4v) is 2.09. The fraction of sp³-hybridized carbons (Fsp3) is 0.833. The van der Waals surface area contributed by atoms with E-state index in [2.05, 4.69) is 5.32 Å². The summed E-state index contributed by atoms with van der Waals surface area (Å²) < 4.78 is 0. The van der Waals surface area contributed by atoms with Gasteiger partial charge in [0.1, 0.15) is 0 Å². The van der Waals surface area contributed by atoms with Gasteiger partial charge in [-0.25, -0.2) is 0 Å². The third-order valence-corrected chi connectivity index (χ3v) is 3.32. The molecule has 0 bridgehead atoms. The SMILES string of the molecule is CN(C)C(=O)CCNC(=O)C1(N)CCCCC1.Cl. The standard InChI is InChI=1S/C12H23N3O2.ClH/c1-15(2)10(16)6-9-14-11(17)12(13)7-4-3-5-8-12;/h3-9,13H2,1-2H3,(H,14,17);1H. The molecule has 5 nitrogen and oxygen atoms in total. The van der Waals surface area contributed by atoms with Crippen molar-refractivity contribution in [3.63, 3.8) is 0 Å². The smallest absolute Gasteiger partial charge is 0.240 e. The highest BCUT2D eigenvalue weighted by atomic mass is 35.5. The second kappa shape index (κ2) is 7.59. The molecule has 2 amide bonds. The van der Waals surface area contributed by atoms with Crippen molar-refractivity contribution in [3.05, 3.63) is 0 Å². The highest BCUT2D eigenvalue weighted by Crippen LogP contribution is 2.25. The van der Waals surface area contributed by atoms with E-state index in [1.54, 1.807) is 14.1 Å². The highest BCUT2D eigenvalue weighted by molar-refractivity contribution is 5.86. The molecule has 0 aromatic carbocycles. The van der Waals surface area contributed by atoms with Crippen LogP contribution in [0.3, 0.4) is 0 Å². The lowest BCUT2D eigenvalue weighted by Crippen LogP contribution is -2.55. The third kappa shape index (κ3) is 4.82. The van der Waals surface area contributed by atoms with Crippen LogP contribution in [-0.2, 0) is 9.59 Å². The Hall–Kier alpha value is -0.810. The van der Waals surface area contributed by atoms with Crippen LogP contribution in [0.1, 0.15) is 38.5 Å². The molecule has 18 heavy (non-hydrogen) atoms. The molecule has 6 heteroatoms. The normalized spacial score (nSPS) is 17.5. The molecule has 1 rings (SSSR count). The van der Waals surface area contributed by atoms with Gasteiger partial charge in [0.15, 0.2) is 0 Å². The van der Waals surface area contributed by atoms with Crippen LogP contribution in [-0.4, -0.2) is 42.9 Å². The van der Waals surface area contributed by atoms with Gasteiger partial charge >= 0.3 is 0 Å². The molecule has 0 atom stereocenters. The lowest BCUT2D eigenvalue weighted by Gasteiger charge is -2.31. The van der Waals surface area contributed by atoms with Crippen LogP contribution < -0.4 is 11.1 Å².